The molecule has 0 unspecified atom stereocenters. The van der Waals surface area contributed by atoms with Gasteiger partial charge >= 0.3 is 0 Å². The van der Waals surface area contributed by atoms with Gasteiger partial charge in [-0.25, -0.2) is 0 Å². The predicted octanol–water partition coefficient (Wildman–Crippen LogP) is 4.33. The molecule has 2 aromatic rings. The van der Waals surface area contributed by atoms with Crippen LogP contribution in [0, 0.1) is 17.3 Å². The molecule has 3 saturated carbocycles. The number of benzene rings is 2. The Hall–Kier alpha value is -2.53. The lowest BCUT2D eigenvalue weighted by atomic mass is 9.51. The third-order valence-electron chi connectivity index (χ3n) is 7.40. The smallest absolute Gasteiger partial charge is 0.255 e. The zero-order valence-corrected chi connectivity index (χ0v) is 17.8. The summed E-state index contributed by atoms with van der Waals surface area (Å²) in [4.78, 5) is 26.0. The van der Waals surface area contributed by atoms with Crippen LogP contribution in [0.5, 0.6) is 0 Å². The van der Waals surface area contributed by atoms with E-state index in [0.29, 0.717) is 17.1 Å². The van der Waals surface area contributed by atoms with Crippen molar-refractivity contribution in [3.8, 4) is 0 Å². The highest BCUT2D eigenvalue weighted by molar-refractivity contribution is 6.31. The normalized spacial score (nSPS) is 31.6. The molecule has 1 aliphatic heterocycles. The highest BCUT2D eigenvalue weighted by Crippen LogP contribution is 2.58. The number of fused-ring (bicyclic) bond motifs is 3. The minimum absolute atomic E-state index is 0.0276. The predicted molar refractivity (Wildman–Crippen MR) is 117 cm³/mol. The molecular weight excluding hydrogens is 398 g/mol. The van der Waals surface area contributed by atoms with Crippen LogP contribution in [0.2, 0.25) is 5.02 Å². The summed E-state index contributed by atoms with van der Waals surface area (Å²) in [7, 11) is 0. The summed E-state index contributed by atoms with van der Waals surface area (Å²) in [6.45, 7) is 2.63. The first kappa shape index (κ1) is 19.4. The molecule has 1 spiro atoms. The number of carbonyl (C=O) groups excluding carboxylic acids is 2. The van der Waals surface area contributed by atoms with Crippen LogP contribution in [0.4, 0.5) is 5.69 Å². The van der Waals surface area contributed by atoms with Crippen molar-refractivity contribution in [2.75, 3.05) is 5.32 Å². The number of rotatable bonds is 3. The molecule has 3 fully saturated rings. The molecule has 0 saturated heterocycles. The molecule has 4 aliphatic rings. The average molecular weight is 424 g/mol. The van der Waals surface area contributed by atoms with Gasteiger partial charge in [-0.2, -0.15) is 0 Å². The van der Waals surface area contributed by atoms with E-state index < -0.39 is 5.66 Å². The molecule has 30 heavy (non-hydrogen) atoms. The van der Waals surface area contributed by atoms with E-state index in [1.165, 1.54) is 0 Å². The first-order chi connectivity index (χ1) is 14.4. The van der Waals surface area contributed by atoms with E-state index in [9.17, 15) is 9.59 Å². The van der Waals surface area contributed by atoms with Gasteiger partial charge in [0.1, 0.15) is 5.66 Å². The molecule has 2 aromatic carbocycles. The van der Waals surface area contributed by atoms with Crippen molar-refractivity contribution in [3.05, 3.63) is 64.7 Å². The molecule has 6 heteroatoms. The fourth-order valence-corrected chi connectivity index (χ4v) is 6.00. The van der Waals surface area contributed by atoms with Crippen molar-refractivity contribution in [3.63, 3.8) is 0 Å². The SMILES string of the molecule is C[C@@]12CC[C@@H](C[C@H]1C(=O)NCc1ccccc1Cl)[C@]1(C2)NC(=O)c2ccccc2N1. The number of hydrogen-bond acceptors (Lipinski definition) is 3. The number of hydrogen-bond donors (Lipinski definition) is 3. The molecule has 0 aromatic heterocycles. The quantitative estimate of drug-likeness (QED) is 0.688. The van der Waals surface area contributed by atoms with Gasteiger partial charge in [0.15, 0.2) is 0 Å². The van der Waals surface area contributed by atoms with Gasteiger partial charge in [0.2, 0.25) is 5.91 Å². The first-order valence-corrected chi connectivity index (χ1v) is 11.0. The monoisotopic (exact) mass is 423 g/mol. The second-order valence-electron chi connectivity index (χ2n) is 9.26. The Balaban J connectivity index is 1.35. The molecule has 6 rings (SSSR count). The molecule has 1 heterocycles. The van der Waals surface area contributed by atoms with E-state index in [4.69, 9.17) is 11.6 Å². The lowest BCUT2D eigenvalue weighted by Crippen LogP contribution is -2.70. The number of anilines is 1. The summed E-state index contributed by atoms with van der Waals surface area (Å²) in [6, 6.07) is 15.2. The Kier molecular flexibility index (Phi) is 4.55. The van der Waals surface area contributed by atoms with Crippen molar-refractivity contribution >= 4 is 29.1 Å². The average Bonchev–Trinajstić information content (AvgIpc) is 2.72. The molecule has 3 aliphatic carbocycles. The molecule has 2 bridgehead atoms. The largest absolute Gasteiger partial charge is 0.362 e. The summed E-state index contributed by atoms with van der Waals surface area (Å²) in [6.07, 6.45) is 3.50. The highest BCUT2D eigenvalue weighted by atomic mass is 35.5. The number of nitrogens with one attached hydrogen (secondary N) is 3. The molecule has 4 atom stereocenters. The maximum Gasteiger partial charge on any atom is 0.255 e. The Morgan fingerprint density at radius 2 is 1.93 bits per heavy atom. The standard InChI is InChI=1S/C24H26ClN3O2/c1-23-11-10-16(12-18(23)22(30)26-13-15-6-2-4-8-19(15)25)24(14-23)27-20-9-5-3-7-17(20)21(29)28-24/h2-9,16,18,27H,10-14H2,1H3,(H,26,30)(H,28,29)/t16-,18-,23-,24-/m0/s1. The van der Waals surface area contributed by atoms with Crippen molar-refractivity contribution in [1.29, 1.82) is 0 Å². The lowest BCUT2D eigenvalue weighted by Gasteiger charge is -2.60. The number of halogens is 1. The summed E-state index contributed by atoms with van der Waals surface area (Å²) in [5.74, 6) is 0.202. The summed E-state index contributed by atoms with van der Waals surface area (Å²) < 4.78 is 0. The van der Waals surface area contributed by atoms with Crippen molar-refractivity contribution in [1.82, 2.24) is 10.6 Å². The van der Waals surface area contributed by atoms with E-state index in [-0.39, 0.29) is 29.1 Å². The molecule has 3 N–H and O–H groups in total. The highest BCUT2D eigenvalue weighted by Gasteiger charge is 2.60. The van der Waals surface area contributed by atoms with E-state index in [1.54, 1.807) is 0 Å². The van der Waals surface area contributed by atoms with Gasteiger partial charge in [-0.1, -0.05) is 48.9 Å². The molecule has 5 nitrogen and oxygen atoms in total. The van der Waals surface area contributed by atoms with Crippen LogP contribution in [0.3, 0.4) is 0 Å². The second-order valence-corrected chi connectivity index (χ2v) is 9.67. The van der Waals surface area contributed by atoms with Crippen molar-refractivity contribution in [2.45, 2.75) is 44.8 Å². The third-order valence-corrected chi connectivity index (χ3v) is 7.77. The summed E-state index contributed by atoms with van der Waals surface area (Å²) in [5, 5.41) is 10.7. The number of para-hydroxylation sites is 1. The second kappa shape index (κ2) is 7.02. The van der Waals surface area contributed by atoms with Crippen LogP contribution >= 0.6 is 11.6 Å². The third kappa shape index (κ3) is 3.07. The van der Waals surface area contributed by atoms with Crippen molar-refractivity contribution in [2.24, 2.45) is 17.3 Å². The van der Waals surface area contributed by atoms with E-state index in [1.807, 2.05) is 48.5 Å². The minimum Gasteiger partial charge on any atom is -0.362 e. The zero-order chi connectivity index (χ0) is 20.9. The first-order valence-electron chi connectivity index (χ1n) is 10.6. The maximum absolute atomic E-state index is 13.1. The van der Waals surface area contributed by atoms with Crippen LogP contribution in [-0.4, -0.2) is 17.5 Å². The van der Waals surface area contributed by atoms with Gasteiger partial charge in [0, 0.05) is 29.1 Å². The maximum atomic E-state index is 13.1. The van der Waals surface area contributed by atoms with Gasteiger partial charge in [-0.15, -0.1) is 0 Å². The Labute approximate surface area is 181 Å². The van der Waals surface area contributed by atoms with Gasteiger partial charge in [0.25, 0.3) is 5.91 Å². The van der Waals surface area contributed by atoms with Crippen LogP contribution in [-0.2, 0) is 11.3 Å². The van der Waals surface area contributed by atoms with E-state index in [0.717, 1.165) is 36.9 Å². The lowest BCUT2D eigenvalue weighted by molar-refractivity contribution is -0.139. The summed E-state index contributed by atoms with van der Waals surface area (Å²) in [5.41, 5.74) is 1.85. The van der Waals surface area contributed by atoms with Gasteiger partial charge in [-0.05, 0) is 54.9 Å². The van der Waals surface area contributed by atoms with E-state index >= 15 is 0 Å². The van der Waals surface area contributed by atoms with Crippen LogP contribution in [0.1, 0.15) is 48.5 Å². The van der Waals surface area contributed by atoms with Crippen LogP contribution in [0.15, 0.2) is 48.5 Å². The molecular formula is C24H26ClN3O2. The van der Waals surface area contributed by atoms with Crippen LogP contribution in [0.25, 0.3) is 0 Å². The van der Waals surface area contributed by atoms with Gasteiger partial charge in [0.05, 0.1) is 5.56 Å². The minimum atomic E-state index is -0.474. The number of amides is 2. The molecule has 156 valence electrons. The fourth-order valence-electron chi connectivity index (χ4n) is 5.80. The van der Waals surface area contributed by atoms with E-state index in [2.05, 4.69) is 22.9 Å². The van der Waals surface area contributed by atoms with Crippen LogP contribution < -0.4 is 16.0 Å². The van der Waals surface area contributed by atoms with Gasteiger partial charge < -0.3 is 16.0 Å². The van der Waals surface area contributed by atoms with Gasteiger partial charge in [-0.3, -0.25) is 9.59 Å². The number of carbonyl (C=O) groups is 2. The molecule has 0 radical (unpaired) electrons. The Bertz CT molecular complexity index is 1030. The molecule has 2 amide bonds. The zero-order valence-electron chi connectivity index (χ0n) is 17.0. The summed E-state index contributed by atoms with van der Waals surface area (Å²) >= 11 is 6.24. The fraction of sp³-hybridized carbons (Fsp3) is 0.417. The Morgan fingerprint density at radius 1 is 1.17 bits per heavy atom. The topological polar surface area (TPSA) is 70.2 Å². The Morgan fingerprint density at radius 3 is 2.73 bits per heavy atom. The van der Waals surface area contributed by atoms with Crippen molar-refractivity contribution < 1.29 is 9.59 Å².